The number of rotatable bonds is 3. The third-order valence-electron chi connectivity index (χ3n) is 2.58. The molecule has 1 heterocycles. The van der Waals surface area contributed by atoms with Gasteiger partial charge in [-0.15, -0.1) is 0 Å². The number of nitrogen functional groups attached to an aromatic ring is 1. The first-order valence-electron chi connectivity index (χ1n) is 5.75. The van der Waals surface area contributed by atoms with Gasteiger partial charge in [0.2, 0.25) is 0 Å². The van der Waals surface area contributed by atoms with Crippen LogP contribution in [0.4, 0.5) is 21.7 Å². The Balaban J connectivity index is 2.48. The van der Waals surface area contributed by atoms with Gasteiger partial charge in [-0.3, -0.25) is 0 Å². The Morgan fingerprint density at radius 1 is 1.28 bits per heavy atom. The number of hydrogen-bond acceptors (Lipinski definition) is 4. The fraction of sp³-hybridized carbons (Fsp3) is 0.231. The summed E-state index contributed by atoms with van der Waals surface area (Å²) in [6.07, 6.45) is 0. The van der Waals surface area contributed by atoms with Crippen molar-refractivity contribution in [3.05, 3.63) is 42.0 Å². The Labute approximate surface area is 105 Å². The molecule has 4 nitrogen and oxygen atoms in total. The van der Waals surface area contributed by atoms with Crippen LogP contribution in [0.1, 0.15) is 12.7 Å². The van der Waals surface area contributed by atoms with Crippen LogP contribution in [0.15, 0.2) is 30.3 Å². The van der Waals surface area contributed by atoms with Gasteiger partial charge in [-0.1, -0.05) is 12.1 Å². The maximum atomic E-state index is 13.8. The second kappa shape index (κ2) is 5.00. The first-order valence-corrected chi connectivity index (χ1v) is 5.75. The highest BCUT2D eigenvalue weighted by molar-refractivity contribution is 5.62. The Morgan fingerprint density at radius 2 is 2.00 bits per heavy atom. The van der Waals surface area contributed by atoms with Gasteiger partial charge in [0.25, 0.3) is 0 Å². The van der Waals surface area contributed by atoms with E-state index in [2.05, 4.69) is 9.97 Å². The Bertz CT molecular complexity index is 536. The van der Waals surface area contributed by atoms with Gasteiger partial charge >= 0.3 is 0 Å². The second-order valence-electron chi connectivity index (χ2n) is 3.89. The molecule has 0 saturated heterocycles. The van der Waals surface area contributed by atoms with E-state index in [1.54, 1.807) is 36.1 Å². The standard InChI is InChI=1S/C13H15FN4/c1-3-18(11-7-5-4-6-10(11)14)13-8-12(15)16-9(2)17-13/h4-8H,3H2,1-2H3,(H2,15,16,17). The third-order valence-corrected chi connectivity index (χ3v) is 2.58. The summed E-state index contributed by atoms with van der Waals surface area (Å²) in [5.74, 6) is 1.27. The van der Waals surface area contributed by atoms with Crippen molar-refractivity contribution in [2.24, 2.45) is 0 Å². The van der Waals surface area contributed by atoms with Gasteiger partial charge in [0, 0.05) is 12.6 Å². The molecular weight excluding hydrogens is 231 g/mol. The maximum Gasteiger partial charge on any atom is 0.146 e. The van der Waals surface area contributed by atoms with Crippen molar-refractivity contribution >= 4 is 17.3 Å². The molecule has 0 aliphatic rings. The number of benzene rings is 1. The molecular formula is C13H15FN4. The smallest absolute Gasteiger partial charge is 0.146 e. The molecule has 94 valence electrons. The summed E-state index contributed by atoms with van der Waals surface area (Å²) in [7, 11) is 0. The van der Waals surface area contributed by atoms with Crippen molar-refractivity contribution < 1.29 is 4.39 Å². The summed E-state index contributed by atoms with van der Waals surface area (Å²) in [6, 6.07) is 8.23. The van der Waals surface area contributed by atoms with Crippen molar-refractivity contribution in [2.75, 3.05) is 17.2 Å². The van der Waals surface area contributed by atoms with E-state index in [9.17, 15) is 4.39 Å². The van der Waals surface area contributed by atoms with Crippen LogP contribution in [-0.2, 0) is 0 Å². The van der Waals surface area contributed by atoms with Gasteiger partial charge in [0.05, 0.1) is 5.69 Å². The van der Waals surface area contributed by atoms with Crippen LogP contribution in [-0.4, -0.2) is 16.5 Å². The molecule has 0 aliphatic carbocycles. The molecule has 0 unspecified atom stereocenters. The van der Waals surface area contributed by atoms with Crippen LogP contribution in [0, 0.1) is 12.7 Å². The van der Waals surface area contributed by atoms with Gasteiger partial charge in [-0.2, -0.15) is 0 Å². The zero-order chi connectivity index (χ0) is 13.1. The van der Waals surface area contributed by atoms with E-state index in [4.69, 9.17) is 5.73 Å². The summed E-state index contributed by atoms with van der Waals surface area (Å²) in [5.41, 5.74) is 6.18. The predicted molar refractivity (Wildman–Crippen MR) is 70.3 cm³/mol. The SMILES string of the molecule is CCN(c1cc(N)nc(C)n1)c1ccccc1F. The van der Waals surface area contributed by atoms with Crippen molar-refractivity contribution in [2.45, 2.75) is 13.8 Å². The number of aryl methyl sites for hydroxylation is 1. The topological polar surface area (TPSA) is 55.0 Å². The first-order chi connectivity index (χ1) is 8.61. The van der Waals surface area contributed by atoms with E-state index in [1.165, 1.54) is 6.07 Å². The quantitative estimate of drug-likeness (QED) is 0.904. The van der Waals surface area contributed by atoms with Crippen molar-refractivity contribution in [1.82, 2.24) is 9.97 Å². The van der Waals surface area contributed by atoms with E-state index in [-0.39, 0.29) is 5.82 Å². The fourth-order valence-corrected chi connectivity index (χ4v) is 1.84. The molecule has 1 aromatic heterocycles. The molecule has 5 heteroatoms. The largest absolute Gasteiger partial charge is 0.384 e. The molecule has 0 amide bonds. The molecule has 0 fully saturated rings. The summed E-state index contributed by atoms with van der Waals surface area (Å²) in [4.78, 5) is 10.1. The lowest BCUT2D eigenvalue weighted by Crippen LogP contribution is -2.19. The number of halogens is 1. The lowest BCUT2D eigenvalue weighted by atomic mass is 10.2. The fourth-order valence-electron chi connectivity index (χ4n) is 1.84. The number of nitrogens with zero attached hydrogens (tertiary/aromatic N) is 3. The lowest BCUT2D eigenvalue weighted by Gasteiger charge is -2.22. The van der Waals surface area contributed by atoms with Crippen molar-refractivity contribution in [3.63, 3.8) is 0 Å². The lowest BCUT2D eigenvalue weighted by molar-refractivity contribution is 0.625. The zero-order valence-corrected chi connectivity index (χ0v) is 10.4. The van der Waals surface area contributed by atoms with Crippen LogP contribution < -0.4 is 10.6 Å². The molecule has 0 atom stereocenters. The Morgan fingerprint density at radius 3 is 2.61 bits per heavy atom. The summed E-state index contributed by atoms with van der Waals surface area (Å²) in [6.45, 7) is 4.28. The van der Waals surface area contributed by atoms with E-state index in [1.807, 2.05) is 6.92 Å². The van der Waals surface area contributed by atoms with Gasteiger partial charge < -0.3 is 10.6 Å². The molecule has 2 aromatic rings. The van der Waals surface area contributed by atoms with Gasteiger partial charge in [-0.05, 0) is 26.0 Å². The van der Waals surface area contributed by atoms with Crippen LogP contribution in [0.25, 0.3) is 0 Å². The molecule has 0 radical (unpaired) electrons. The zero-order valence-electron chi connectivity index (χ0n) is 10.4. The summed E-state index contributed by atoms with van der Waals surface area (Å²) < 4.78 is 13.8. The number of aromatic nitrogens is 2. The highest BCUT2D eigenvalue weighted by Gasteiger charge is 2.13. The molecule has 0 saturated carbocycles. The first kappa shape index (κ1) is 12.3. The highest BCUT2D eigenvalue weighted by Crippen LogP contribution is 2.26. The summed E-state index contributed by atoms with van der Waals surface area (Å²) >= 11 is 0. The van der Waals surface area contributed by atoms with Crippen LogP contribution in [0.3, 0.4) is 0 Å². The van der Waals surface area contributed by atoms with Gasteiger partial charge in [0.15, 0.2) is 0 Å². The number of para-hydroxylation sites is 1. The van der Waals surface area contributed by atoms with Crippen LogP contribution >= 0.6 is 0 Å². The monoisotopic (exact) mass is 246 g/mol. The van der Waals surface area contributed by atoms with E-state index < -0.39 is 0 Å². The minimum atomic E-state index is -0.283. The number of hydrogen-bond donors (Lipinski definition) is 1. The molecule has 18 heavy (non-hydrogen) atoms. The second-order valence-corrected chi connectivity index (χ2v) is 3.89. The van der Waals surface area contributed by atoms with E-state index in [0.29, 0.717) is 29.7 Å². The maximum absolute atomic E-state index is 13.8. The Hall–Kier alpha value is -2.17. The predicted octanol–water partition coefficient (Wildman–Crippen LogP) is 2.66. The van der Waals surface area contributed by atoms with Crippen LogP contribution in [0.2, 0.25) is 0 Å². The van der Waals surface area contributed by atoms with Crippen molar-refractivity contribution in [3.8, 4) is 0 Å². The average Bonchev–Trinajstić information content (AvgIpc) is 2.31. The molecule has 1 aromatic carbocycles. The molecule has 2 N–H and O–H groups in total. The minimum Gasteiger partial charge on any atom is -0.384 e. The van der Waals surface area contributed by atoms with Gasteiger partial charge in [0.1, 0.15) is 23.3 Å². The molecule has 0 aliphatic heterocycles. The molecule has 0 bridgehead atoms. The Kier molecular flexibility index (Phi) is 3.41. The van der Waals surface area contributed by atoms with Crippen molar-refractivity contribution in [1.29, 1.82) is 0 Å². The van der Waals surface area contributed by atoms with Crippen LogP contribution in [0.5, 0.6) is 0 Å². The average molecular weight is 246 g/mol. The molecule has 0 spiro atoms. The highest BCUT2D eigenvalue weighted by atomic mass is 19.1. The normalized spacial score (nSPS) is 10.4. The van der Waals surface area contributed by atoms with Gasteiger partial charge in [-0.25, -0.2) is 14.4 Å². The number of nitrogens with two attached hydrogens (primary N) is 1. The molecule has 2 rings (SSSR count). The summed E-state index contributed by atoms with van der Waals surface area (Å²) in [5, 5.41) is 0. The van der Waals surface area contributed by atoms with E-state index in [0.717, 1.165) is 0 Å². The number of anilines is 3. The van der Waals surface area contributed by atoms with E-state index >= 15 is 0 Å². The minimum absolute atomic E-state index is 0.283. The third kappa shape index (κ3) is 2.40.